The normalized spacial score (nSPS) is 11.0. The lowest BCUT2D eigenvalue weighted by Gasteiger charge is -2.21. The van der Waals surface area contributed by atoms with Crippen molar-refractivity contribution in [3.63, 3.8) is 0 Å². The molecule has 0 atom stereocenters. The van der Waals surface area contributed by atoms with E-state index in [1.807, 2.05) is 18.2 Å². The molecule has 0 fully saturated rings. The number of benzene rings is 1. The third-order valence-corrected chi connectivity index (χ3v) is 4.37. The van der Waals surface area contributed by atoms with Crippen LogP contribution in [0.15, 0.2) is 42.0 Å². The van der Waals surface area contributed by atoms with Crippen LogP contribution < -0.4 is 4.90 Å². The molecule has 108 valence electrons. The highest BCUT2D eigenvalue weighted by molar-refractivity contribution is 7.17. The fourth-order valence-corrected chi connectivity index (χ4v) is 3.37. The monoisotopic (exact) mass is 299 g/mol. The van der Waals surface area contributed by atoms with Gasteiger partial charge >= 0.3 is 0 Å². The minimum absolute atomic E-state index is 0.115. The number of nitrogens with zero attached hydrogens (tertiary/aromatic N) is 3. The van der Waals surface area contributed by atoms with Gasteiger partial charge < -0.3 is 10.0 Å². The van der Waals surface area contributed by atoms with Crippen molar-refractivity contribution in [2.24, 2.45) is 0 Å². The average Bonchev–Trinajstić information content (AvgIpc) is 2.97. The smallest absolute Gasteiger partial charge is 0.141 e. The second-order valence-corrected chi connectivity index (χ2v) is 5.55. The van der Waals surface area contributed by atoms with Crippen LogP contribution in [0.1, 0.15) is 6.92 Å². The van der Waals surface area contributed by atoms with Crippen LogP contribution in [0, 0.1) is 0 Å². The molecule has 2 aromatic heterocycles. The Morgan fingerprint density at radius 1 is 1.19 bits per heavy atom. The van der Waals surface area contributed by atoms with Crippen molar-refractivity contribution in [1.82, 2.24) is 9.97 Å². The number of anilines is 1. The standard InChI is InChI=1S/C16H17N3OS/c1-2-19(8-9-20)15-14-13(12-6-4-3-5-7-12)10-21-16(14)18-11-17-15/h3-7,10-11,20H,2,8-9H2,1H3. The van der Waals surface area contributed by atoms with Gasteiger partial charge in [0, 0.05) is 24.0 Å². The van der Waals surface area contributed by atoms with Crippen LogP contribution in [-0.4, -0.2) is 34.8 Å². The van der Waals surface area contributed by atoms with Gasteiger partial charge in [0.15, 0.2) is 0 Å². The van der Waals surface area contributed by atoms with E-state index in [-0.39, 0.29) is 6.61 Å². The molecular formula is C16H17N3OS. The van der Waals surface area contributed by atoms with Gasteiger partial charge in [-0.1, -0.05) is 30.3 Å². The number of aromatic nitrogens is 2. The number of fused-ring (bicyclic) bond motifs is 1. The van der Waals surface area contributed by atoms with Crippen LogP contribution in [0.4, 0.5) is 5.82 Å². The maximum atomic E-state index is 9.26. The van der Waals surface area contributed by atoms with Gasteiger partial charge in [-0.05, 0) is 12.5 Å². The topological polar surface area (TPSA) is 49.2 Å². The maximum absolute atomic E-state index is 9.26. The third kappa shape index (κ3) is 2.62. The molecule has 0 aliphatic heterocycles. The van der Waals surface area contributed by atoms with Crippen LogP contribution in [0.5, 0.6) is 0 Å². The van der Waals surface area contributed by atoms with Crippen molar-refractivity contribution in [2.45, 2.75) is 6.92 Å². The largest absolute Gasteiger partial charge is 0.395 e. The van der Waals surface area contributed by atoms with Gasteiger partial charge in [-0.15, -0.1) is 11.3 Å². The molecule has 0 amide bonds. The molecule has 0 aliphatic rings. The average molecular weight is 299 g/mol. The molecule has 1 N–H and O–H groups in total. The van der Waals surface area contributed by atoms with Gasteiger partial charge in [0.2, 0.25) is 0 Å². The van der Waals surface area contributed by atoms with Gasteiger partial charge in [0.1, 0.15) is 17.0 Å². The van der Waals surface area contributed by atoms with Crippen LogP contribution in [0.2, 0.25) is 0 Å². The summed E-state index contributed by atoms with van der Waals surface area (Å²) in [5, 5.41) is 12.5. The minimum atomic E-state index is 0.115. The molecule has 5 heteroatoms. The molecule has 0 bridgehead atoms. The first-order chi connectivity index (χ1) is 10.3. The fraction of sp³-hybridized carbons (Fsp3) is 0.250. The van der Waals surface area contributed by atoms with E-state index >= 15 is 0 Å². The maximum Gasteiger partial charge on any atom is 0.141 e. The first-order valence-electron chi connectivity index (χ1n) is 6.98. The summed E-state index contributed by atoms with van der Waals surface area (Å²) in [4.78, 5) is 11.9. The van der Waals surface area contributed by atoms with E-state index in [0.29, 0.717) is 6.54 Å². The second-order valence-electron chi connectivity index (χ2n) is 4.70. The van der Waals surface area contributed by atoms with E-state index in [2.05, 4.69) is 39.3 Å². The van der Waals surface area contributed by atoms with Crippen molar-refractivity contribution in [3.8, 4) is 11.1 Å². The molecule has 0 saturated carbocycles. The van der Waals surface area contributed by atoms with E-state index < -0.39 is 0 Å². The molecule has 0 spiro atoms. The number of thiophene rings is 1. The van der Waals surface area contributed by atoms with Gasteiger partial charge in [-0.25, -0.2) is 9.97 Å². The Kier molecular flexibility index (Phi) is 4.13. The van der Waals surface area contributed by atoms with E-state index in [4.69, 9.17) is 0 Å². The predicted octanol–water partition coefficient (Wildman–Crippen LogP) is 3.18. The van der Waals surface area contributed by atoms with E-state index in [1.165, 1.54) is 5.56 Å². The van der Waals surface area contributed by atoms with Crippen molar-refractivity contribution in [2.75, 3.05) is 24.6 Å². The minimum Gasteiger partial charge on any atom is -0.395 e. The zero-order valence-electron chi connectivity index (χ0n) is 11.9. The van der Waals surface area contributed by atoms with Crippen molar-refractivity contribution >= 4 is 27.4 Å². The highest BCUT2D eigenvalue weighted by atomic mass is 32.1. The Morgan fingerprint density at radius 2 is 2.00 bits per heavy atom. The quantitative estimate of drug-likeness (QED) is 0.786. The SMILES string of the molecule is CCN(CCO)c1ncnc2scc(-c3ccccc3)c12. The van der Waals surface area contributed by atoms with Crippen LogP contribution in [-0.2, 0) is 0 Å². The summed E-state index contributed by atoms with van der Waals surface area (Å²) >= 11 is 1.63. The Hall–Kier alpha value is -1.98. The molecule has 3 rings (SSSR count). The van der Waals surface area contributed by atoms with Crippen LogP contribution in [0.3, 0.4) is 0 Å². The Morgan fingerprint density at radius 3 is 2.71 bits per heavy atom. The Labute approximate surface area is 127 Å². The summed E-state index contributed by atoms with van der Waals surface area (Å²) in [6.07, 6.45) is 1.60. The first-order valence-corrected chi connectivity index (χ1v) is 7.86. The van der Waals surface area contributed by atoms with Gasteiger partial charge in [0.05, 0.1) is 12.0 Å². The number of aliphatic hydroxyl groups excluding tert-OH is 1. The number of hydrogen-bond donors (Lipinski definition) is 1. The Bertz CT molecular complexity index is 727. The zero-order chi connectivity index (χ0) is 14.7. The lowest BCUT2D eigenvalue weighted by Crippen LogP contribution is -2.27. The fourth-order valence-electron chi connectivity index (χ4n) is 2.46. The van der Waals surface area contributed by atoms with Crippen molar-refractivity contribution < 1.29 is 5.11 Å². The molecule has 1 aromatic carbocycles. The number of hydrogen-bond acceptors (Lipinski definition) is 5. The lowest BCUT2D eigenvalue weighted by atomic mass is 10.1. The van der Waals surface area contributed by atoms with Crippen LogP contribution in [0.25, 0.3) is 21.3 Å². The van der Waals surface area contributed by atoms with Gasteiger partial charge in [-0.3, -0.25) is 0 Å². The molecule has 3 aromatic rings. The first kappa shape index (κ1) is 14.0. The Balaban J connectivity index is 2.19. The van der Waals surface area contributed by atoms with E-state index in [1.54, 1.807) is 17.7 Å². The highest BCUT2D eigenvalue weighted by Crippen LogP contribution is 2.37. The summed E-state index contributed by atoms with van der Waals surface area (Å²) in [7, 11) is 0. The molecule has 2 heterocycles. The summed E-state index contributed by atoms with van der Waals surface area (Å²) < 4.78 is 0. The van der Waals surface area contributed by atoms with E-state index in [0.717, 1.165) is 28.1 Å². The lowest BCUT2D eigenvalue weighted by molar-refractivity contribution is 0.302. The molecule has 0 saturated heterocycles. The molecule has 21 heavy (non-hydrogen) atoms. The second kappa shape index (κ2) is 6.20. The van der Waals surface area contributed by atoms with Crippen molar-refractivity contribution in [3.05, 3.63) is 42.0 Å². The summed E-state index contributed by atoms with van der Waals surface area (Å²) in [5.41, 5.74) is 2.32. The van der Waals surface area contributed by atoms with Gasteiger partial charge in [0.25, 0.3) is 0 Å². The number of rotatable bonds is 5. The molecule has 4 nitrogen and oxygen atoms in total. The van der Waals surface area contributed by atoms with Crippen LogP contribution >= 0.6 is 11.3 Å². The third-order valence-electron chi connectivity index (χ3n) is 3.49. The van der Waals surface area contributed by atoms with E-state index in [9.17, 15) is 5.11 Å². The summed E-state index contributed by atoms with van der Waals surface area (Å²) in [6, 6.07) is 10.3. The summed E-state index contributed by atoms with van der Waals surface area (Å²) in [6.45, 7) is 3.56. The molecule has 0 aliphatic carbocycles. The predicted molar refractivity (Wildman–Crippen MR) is 87.8 cm³/mol. The molecule has 0 unspecified atom stereocenters. The number of aliphatic hydroxyl groups is 1. The highest BCUT2D eigenvalue weighted by Gasteiger charge is 2.16. The molecule has 0 radical (unpaired) electrons. The van der Waals surface area contributed by atoms with Crippen molar-refractivity contribution in [1.29, 1.82) is 0 Å². The molecular weight excluding hydrogens is 282 g/mol. The van der Waals surface area contributed by atoms with Gasteiger partial charge in [-0.2, -0.15) is 0 Å². The summed E-state index contributed by atoms with van der Waals surface area (Å²) in [5.74, 6) is 0.900. The zero-order valence-corrected chi connectivity index (χ0v) is 12.7. The number of likely N-dealkylation sites (N-methyl/N-ethyl adjacent to an activating group) is 1.